The van der Waals surface area contributed by atoms with Gasteiger partial charge in [0.05, 0.1) is 10.6 Å². The average molecular weight is 312 g/mol. The van der Waals surface area contributed by atoms with Crippen LogP contribution in [0.15, 0.2) is 46.7 Å². The van der Waals surface area contributed by atoms with E-state index in [1.54, 1.807) is 35.4 Å². The number of hydrogen-bond donors (Lipinski definition) is 1. The van der Waals surface area contributed by atoms with Gasteiger partial charge in [-0.1, -0.05) is 17.7 Å². The number of nitrogens with one attached hydrogen (secondary N) is 1. The van der Waals surface area contributed by atoms with E-state index in [4.69, 9.17) is 11.6 Å². The summed E-state index contributed by atoms with van der Waals surface area (Å²) < 4.78 is 35.5. The molecule has 1 aromatic rings. The van der Waals surface area contributed by atoms with Gasteiger partial charge in [-0.2, -0.15) is 5.10 Å². The fourth-order valence-electron chi connectivity index (χ4n) is 2.38. The first-order valence-electron chi connectivity index (χ1n) is 6.10. The summed E-state index contributed by atoms with van der Waals surface area (Å²) in [4.78, 5) is 1.73. The van der Waals surface area contributed by atoms with E-state index in [9.17, 15) is 8.78 Å². The molecule has 0 aliphatic carbocycles. The van der Waals surface area contributed by atoms with E-state index in [0.717, 1.165) is 0 Å². The van der Waals surface area contributed by atoms with Crippen molar-refractivity contribution < 1.29 is 18.3 Å². The van der Waals surface area contributed by atoms with Crippen LogP contribution in [0.1, 0.15) is 5.56 Å². The van der Waals surface area contributed by atoms with E-state index in [1.165, 1.54) is 6.07 Å². The third kappa shape index (κ3) is 1.84. The number of allylic oxidation sites excluding steroid dienone is 2. The topological polar surface area (TPSA) is 46.1 Å². The number of halogens is 3. The number of fused-ring (bicyclic) bond motifs is 2. The van der Waals surface area contributed by atoms with Crippen LogP contribution in [0, 0.1) is 0 Å². The monoisotopic (exact) mass is 311 g/mol. The zero-order valence-corrected chi connectivity index (χ0v) is 11.1. The van der Waals surface area contributed by atoms with Gasteiger partial charge < -0.3 is 14.4 Å². The van der Waals surface area contributed by atoms with E-state index in [0.29, 0.717) is 16.4 Å². The minimum Gasteiger partial charge on any atom is -0.395 e. The van der Waals surface area contributed by atoms with Crippen molar-refractivity contribution in [2.24, 2.45) is 5.10 Å². The molecule has 1 aromatic carbocycles. The van der Waals surface area contributed by atoms with Crippen LogP contribution in [0.25, 0.3) is 0 Å². The summed E-state index contributed by atoms with van der Waals surface area (Å²) in [5.74, 6) is 0.370. The van der Waals surface area contributed by atoms with Crippen molar-refractivity contribution in [2.75, 3.05) is 0 Å². The van der Waals surface area contributed by atoms with Crippen molar-refractivity contribution in [1.82, 2.24) is 10.3 Å². The minimum absolute atomic E-state index is 0.0220. The normalized spacial score (nSPS) is 24.3. The lowest BCUT2D eigenvalue weighted by molar-refractivity contribution is -0.286. The molecule has 0 fully saturated rings. The molecule has 1 N–H and O–H groups in total. The van der Waals surface area contributed by atoms with E-state index >= 15 is 0 Å². The van der Waals surface area contributed by atoms with Gasteiger partial charge in [-0.3, -0.25) is 5.43 Å². The van der Waals surface area contributed by atoms with Gasteiger partial charge in [0.25, 0.3) is 0 Å². The standard InChI is InChI=1S/C13H8ClF2N3O2/c14-8-4-2-6-19-11(17-18-12(8)19)7-3-1-5-9-10(7)21-13(15,16)20-9/h1-6,12,18H. The van der Waals surface area contributed by atoms with E-state index < -0.39 is 6.29 Å². The summed E-state index contributed by atoms with van der Waals surface area (Å²) in [5, 5.41) is 4.71. The first kappa shape index (κ1) is 12.5. The lowest BCUT2D eigenvalue weighted by Crippen LogP contribution is -2.38. The predicted molar refractivity (Wildman–Crippen MR) is 71.0 cm³/mol. The molecule has 0 aromatic heterocycles. The second-order valence-electron chi connectivity index (χ2n) is 4.57. The van der Waals surface area contributed by atoms with Gasteiger partial charge in [0.15, 0.2) is 23.5 Å². The molecule has 21 heavy (non-hydrogen) atoms. The maximum atomic E-state index is 13.2. The first-order valence-corrected chi connectivity index (χ1v) is 6.48. The number of hydrazone groups is 1. The lowest BCUT2D eigenvalue weighted by atomic mass is 10.1. The fourth-order valence-corrected chi connectivity index (χ4v) is 2.61. The Morgan fingerprint density at radius 1 is 1.33 bits per heavy atom. The van der Waals surface area contributed by atoms with Crippen molar-refractivity contribution in [1.29, 1.82) is 0 Å². The van der Waals surface area contributed by atoms with Gasteiger partial charge in [-0.15, -0.1) is 8.78 Å². The Hall–Kier alpha value is -2.28. The number of alkyl halides is 2. The van der Waals surface area contributed by atoms with Gasteiger partial charge in [0.1, 0.15) is 0 Å². The Labute approximate surface area is 123 Å². The van der Waals surface area contributed by atoms with Crippen LogP contribution in [0.5, 0.6) is 11.5 Å². The first-order chi connectivity index (χ1) is 10.1. The number of benzene rings is 1. The Morgan fingerprint density at radius 2 is 2.19 bits per heavy atom. The molecule has 1 unspecified atom stereocenters. The van der Waals surface area contributed by atoms with E-state index in [1.807, 2.05) is 0 Å². The molecule has 4 rings (SSSR count). The quantitative estimate of drug-likeness (QED) is 0.866. The Morgan fingerprint density at radius 3 is 3.05 bits per heavy atom. The smallest absolute Gasteiger partial charge is 0.395 e. The third-order valence-corrected chi connectivity index (χ3v) is 3.58. The molecule has 0 saturated carbocycles. The summed E-state index contributed by atoms with van der Waals surface area (Å²) in [5.41, 5.74) is 3.25. The van der Waals surface area contributed by atoms with Crippen LogP contribution in [0.3, 0.4) is 0 Å². The molecule has 0 bridgehead atoms. The number of nitrogens with zero attached hydrogens (tertiary/aromatic N) is 2. The highest BCUT2D eigenvalue weighted by molar-refractivity contribution is 6.30. The van der Waals surface area contributed by atoms with Crippen LogP contribution >= 0.6 is 11.6 Å². The molecule has 8 heteroatoms. The van der Waals surface area contributed by atoms with Crippen LogP contribution < -0.4 is 14.9 Å². The van der Waals surface area contributed by atoms with Crippen molar-refractivity contribution >= 4 is 17.4 Å². The molecule has 3 heterocycles. The molecule has 0 spiro atoms. The molecule has 0 saturated heterocycles. The zero-order valence-electron chi connectivity index (χ0n) is 10.4. The molecule has 108 valence electrons. The summed E-state index contributed by atoms with van der Waals surface area (Å²) in [6.45, 7) is 0. The van der Waals surface area contributed by atoms with Gasteiger partial charge in [0.2, 0.25) is 0 Å². The highest BCUT2D eigenvalue weighted by Crippen LogP contribution is 2.44. The predicted octanol–water partition coefficient (Wildman–Crippen LogP) is 2.55. The fraction of sp³-hybridized carbons (Fsp3) is 0.154. The molecule has 0 radical (unpaired) electrons. The van der Waals surface area contributed by atoms with Gasteiger partial charge in [-0.05, 0) is 24.3 Å². The van der Waals surface area contributed by atoms with Crippen LogP contribution in [0.2, 0.25) is 0 Å². The minimum atomic E-state index is -3.67. The maximum absolute atomic E-state index is 13.2. The number of rotatable bonds is 1. The SMILES string of the molecule is FC1(F)Oc2cccc(C3=NNC4C(Cl)=CC=CN34)c2O1. The van der Waals surface area contributed by atoms with Gasteiger partial charge >= 0.3 is 6.29 Å². The molecule has 3 aliphatic rings. The number of ether oxygens (including phenoxy) is 2. The van der Waals surface area contributed by atoms with Crippen molar-refractivity contribution in [3.8, 4) is 11.5 Å². The van der Waals surface area contributed by atoms with Crippen molar-refractivity contribution in [3.05, 3.63) is 47.1 Å². The number of hydrogen-bond acceptors (Lipinski definition) is 5. The van der Waals surface area contributed by atoms with Crippen molar-refractivity contribution in [3.63, 3.8) is 0 Å². The molecule has 1 atom stereocenters. The second-order valence-corrected chi connectivity index (χ2v) is 5.00. The lowest BCUT2D eigenvalue weighted by Gasteiger charge is -2.25. The Kier molecular flexibility index (Phi) is 2.44. The zero-order chi connectivity index (χ0) is 14.6. The number of para-hydroxylation sites is 1. The summed E-state index contributed by atoms with van der Waals surface area (Å²) >= 11 is 6.09. The Balaban J connectivity index is 1.76. The molecular formula is C13H8ClF2N3O2. The van der Waals surface area contributed by atoms with Gasteiger partial charge in [0, 0.05) is 6.20 Å². The van der Waals surface area contributed by atoms with Crippen LogP contribution in [-0.2, 0) is 0 Å². The van der Waals surface area contributed by atoms with Gasteiger partial charge in [-0.25, -0.2) is 0 Å². The molecular weight excluding hydrogens is 304 g/mol. The van der Waals surface area contributed by atoms with Crippen molar-refractivity contribution in [2.45, 2.75) is 12.5 Å². The Bertz CT molecular complexity index is 717. The van der Waals surface area contributed by atoms with Crippen LogP contribution in [0.4, 0.5) is 8.78 Å². The van der Waals surface area contributed by atoms with E-state index in [2.05, 4.69) is 20.0 Å². The van der Waals surface area contributed by atoms with E-state index in [-0.39, 0.29) is 17.7 Å². The molecule has 0 amide bonds. The molecule has 3 aliphatic heterocycles. The maximum Gasteiger partial charge on any atom is 0.586 e. The largest absolute Gasteiger partial charge is 0.586 e. The molecule has 5 nitrogen and oxygen atoms in total. The highest BCUT2D eigenvalue weighted by Gasteiger charge is 2.46. The number of amidine groups is 1. The summed E-state index contributed by atoms with van der Waals surface area (Å²) in [7, 11) is 0. The summed E-state index contributed by atoms with van der Waals surface area (Å²) in [6, 6.07) is 4.64. The average Bonchev–Trinajstić information content (AvgIpc) is 2.98. The third-order valence-electron chi connectivity index (χ3n) is 3.25. The van der Waals surface area contributed by atoms with Crippen LogP contribution in [-0.4, -0.2) is 23.2 Å². The highest BCUT2D eigenvalue weighted by atomic mass is 35.5. The summed E-state index contributed by atoms with van der Waals surface area (Å²) in [6.07, 6.45) is 1.22. The second kappa shape index (κ2) is 4.11.